The van der Waals surface area contributed by atoms with Crippen LogP contribution in [-0.4, -0.2) is 20.4 Å². The van der Waals surface area contributed by atoms with Gasteiger partial charge in [0.1, 0.15) is 5.82 Å². The predicted molar refractivity (Wildman–Crippen MR) is 131 cm³/mol. The molecule has 0 aliphatic heterocycles. The Kier molecular flexibility index (Phi) is 5.62. The molecule has 0 radical (unpaired) electrons. The Balaban J connectivity index is 1.86. The zero-order chi connectivity index (χ0) is 22.3. The smallest absolute Gasteiger partial charge is 0.282 e. The fraction of sp³-hybridized carbons (Fsp3) is 0.208. The number of aryl methyl sites for hydroxylation is 1. The first-order valence-electron chi connectivity index (χ1n) is 9.86. The molecule has 0 amide bonds. The normalized spacial score (nSPS) is 12.2. The molecule has 2 heterocycles. The van der Waals surface area contributed by atoms with Gasteiger partial charge in [-0.25, -0.2) is 4.98 Å². The summed E-state index contributed by atoms with van der Waals surface area (Å²) in [5, 5.41) is 5.81. The van der Waals surface area contributed by atoms with Crippen LogP contribution in [-0.2, 0) is 5.41 Å². The van der Waals surface area contributed by atoms with Gasteiger partial charge in [0.05, 0.1) is 22.8 Å². The lowest BCUT2D eigenvalue weighted by Crippen LogP contribution is -2.29. The topological polar surface area (TPSA) is 52.2 Å². The standard InChI is InChI=1S/C24H22BrClN4O/c1-15-12-17(8-9-20(15)26)29-11-5-6-18(29)14-27-30-22(31)19-13-16(25)7-10-21(19)28-23(30)24(2,3)4/h5-14H,1-4H3. The summed E-state index contributed by atoms with van der Waals surface area (Å²) < 4.78 is 4.23. The van der Waals surface area contributed by atoms with Crippen LogP contribution in [0.25, 0.3) is 16.6 Å². The van der Waals surface area contributed by atoms with Crippen molar-refractivity contribution in [1.82, 2.24) is 14.2 Å². The van der Waals surface area contributed by atoms with Gasteiger partial charge < -0.3 is 4.57 Å². The lowest BCUT2D eigenvalue weighted by atomic mass is 9.95. The molecule has 0 unspecified atom stereocenters. The molecule has 2 aromatic carbocycles. The molecule has 0 fully saturated rings. The lowest BCUT2D eigenvalue weighted by molar-refractivity contribution is 0.506. The number of nitrogens with zero attached hydrogens (tertiary/aromatic N) is 4. The highest BCUT2D eigenvalue weighted by atomic mass is 79.9. The molecule has 0 bridgehead atoms. The third kappa shape index (κ3) is 4.23. The third-order valence-corrected chi connectivity index (χ3v) is 5.90. The van der Waals surface area contributed by atoms with Crippen LogP contribution in [0.3, 0.4) is 0 Å². The van der Waals surface area contributed by atoms with Crippen molar-refractivity contribution in [3.63, 3.8) is 0 Å². The van der Waals surface area contributed by atoms with Gasteiger partial charge in [0, 0.05) is 26.8 Å². The van der Waals surface area contributed by atoms with E-state index in [-0.39, 0.29) is 11.0 Å². The van der Waals surface area contributed by atoms with E-state index < -0.39 is 0 Å². The van der Waals surface area contributed by atoms with Gasteiger partial charge in [-0.3, -0.25) is 4.79 Å². The maximum Gasteiger partial charge on any atom is 0.282 e. The molecular formula is C24H22BrClN4O. The molecule has 7 heteroatoms. The minimum Gasteiger partial charge on any atom is -0.316 e. The molecule has 2 aromatic heterocycles. The van der Waals surface area contributed by atoms with Crippen molar-refractivity contribution in [1.29, 1.82) is 0 Å². The highest BCUT2D eigenvalue weighted by Gasteiger charge is 2.23. The van der Waals surface area contributed by atoms with Crippen molar-refractivity contribution in [2.75, 3.05) is 0 Å². The summed E-state index contributed by atoms with van der Waals surface area (Å²) in [7, 11) is 0. The third-order valence-electron chi connectivity index (χ3n) is 4.98. The highest BCUT2D eigenvalue weighted by Crippen LogP contribution is 2.23. The summed E-state index contributed by atoms with van der Waals surface area (Å²) in [6.45, 7) is 8.02. The molecule has 158 valence electrons. The zero-order valence-electron chi connectivity index (χ0n) is 17.7. The number of benzene rings is 2. The number of halogens is 2. The Morgan fingerprint density at radius 1 is 1.13 bits per heavy atom. The van der Waals surface area contributed by atoms with Crippen molar-refractivity contribution in [2.24, 2.45) is 5.10 Å². The first-order chi connectivity index (χ1) is 14.6. The summed E-state index contributed by atoms with van der Waals surface area (Å²) in [5.41, 5.74) is 2.89. The second-order valence-electron chi connectivity index (χ2n) is 8.44. The lowest BCUT2D eigenvalue weighted by Gasteiger charge is -2.21. The Labute approximate surface area is 194 Å². The average molecular weight is 498 g/mol. The minimum absolute atomic E-state index is 0.201. The number of hydrogen-bond acceptors (Lipinski definition) is 3. The van der Waals surface area contributed by atoms with Crippen molar-refractivity contribution in [3.8, 4) is 5.69 Å². The Hall–Kier alpha value is -2.70. The van der Waals surface area contributed by atoms with Crippen LogP contribution >= 0.6 is 27.5 Å². The summed E-state index contributed by atoms with van der Waals surface area (Å²) in [6, 6.07) is 15.2. The Bertz CT molecular complexity index is 1380. The van der Waals surface area contributed by atoms with Gasteiger partial charge in [0.2, 0.25) is 0 Å². The van der Waals surface area contributed by atoms with Gasteiger partial charge in [0.25, 0.3) is 5.56 Å². The van der Waals surface area contributed by atoms with E-state index in [2.05, 4.69) is 21.0 Å². The van der Waals surface area contributed by atoms with Crippen molar-refractivity contribution in [3.05, 3.63) is 91.7 Å². The van der Waals surface area contributed by atoms with Crippen LogP contribution in [0.2, 0.25) is 5.02 Å². The maximum atomic E-state index is 13.3. The van der Waals surface area contributed by atoms with Crippen molar-refractivity contribution in [2.45, 2.75) is 33.1 Å². The van der Waals surface area contributed by atoms with Gasteiger partial charge in [-0.05, 0) is 61.0 Å². The molecule has 4 rings (SSSR count). The first kappa shape index (κ1) is 21.5. The van der Waals surface area contributed by atoms with E-state index in [0.717, 1.165) is 26.4 Å². The second-order valence-corrected chi connectivity index (χ2v) is 9.77. The van der Waals surface area contributed by atoms with E-state index in [1.54, 1.807) is 12.3 Å². The molecule has 31 heavy (non-hydrogen) atoms. The molecule has 0 aliphatic carbocycles. The van der Waals surface area contributed by atoms with Gasteiger partial charge in [-0.1, -0.05) is 48.3 Å². The van der Waals surface area contributed by atoms with Crippen LogP contribution in [0.5, 0.6) is 0 Å². The van der Waals surface area contributed by atoms with E-state index in [0.29, 0.717) is 16.7 Å². The molecule has 0 aliphatic rings. The average Bonchev–Trinajstić information content (AvgIpc) is 3.17. The SMILES string of the molecule is Cc1cc(-n2cccc2C=Nn2c(C(C)(C)C)nc3ccc(Br)cc3c2=O)ccc1Cl. The van der Waals surface area contributed by atoms with Gasteiger partial charge >= 0.3 is 0 Å². The van der Waals surface area contributed by atoms with Crippen molar-refractivity contribution >= 4 is 44.6 Å². The maximum absolute atomic E-state index is 13.3. The Morgan fingerprint density at radius 3 is 2.61 bits per heavy atom. The molecule has 0 saturated heterocycles. The molecule has 0 saturated carbocycles. The zero-order valence-corrected chi connectivity index (χ0v) is 20.1. The van der Waals surface area contributed by atoms with Crippen LogP contribution in [0.15, 0.2) is 69.1 Å². The molecule has 0 N–H and O–H groups in total. The molecule has 4 aromatic rings. The number of rotatable bonds is 3. The van der Waals surface area contributed by atoms with Gasteiger partial charge in [-0.15, -0.1) is 0 Å². The monoisotopic (exact) mass is 496 g/mol. The number of aromatic nitrogens is 3. The van der Waals surface area contributed by atoms with E-state index in [9.17, 15) is 4.79 Å². The first-order valence-corrected chi connectivity index (χ1v) is 11.0. The fourth-order valence-corrected chi connectivity index (χ4v) is 3.85. The fourth-order valence-electron chi connectivity index (χ4n) is 3.37. The molecule has 0 spiro atoms. The van der Waals surface area contributed by atoms with E-state index in [1.807, 2.05) is 80.9 Å². The predicted octanol–water partition coefficient (Wildman–Crippen LogP) is 6.09. The van der Waals surface area contributed by atoms with Crippen LogP contribution < -0.4 is 5.56 Å². The number of fused-ring (bicyclic) bond motifs is 1. The largest absolute Gasteiger partial charge is 0.316 e. The molecule has 0 atom stereocenters. The summed E-state index contributed by atoms with van der Waals surface area (Å²) in [4.78, 5) is 18.1. The summed E-state index contributed by atoms with van der Waals surface area (Å²) in [6.07, 6.45) is 3.64. The molecular weight excluding hydrogens is 476 g/mol. The molecule has 5 nitrogen and oxygen atoms in total. The minimum atomic E-state index is -0.368. The van der Waals surface area contributed by atoms with Crippen LogP contribution in [0.4, 0.5) is 0 Å². The quantitative estimate of drug-likeness (QED) is 0.322. The summed E-state index contributed by atoms with van der Waals surface area (Å²) in [5.74, 6) is 0.601. The second kappa shape index (κ2) is 8.09. The van der Waals surface area contributed by atoms with Gasteiger partial charge in [-0.2, -0.15) is 9.78 Å². The van der Waals surface area contributed by atoms with E-state index in [4.69, 9.17) is 16.6 Å². The number of hydrogen-bond donors (Lipinski definition) is 0. The van der Waals surface area contributed by atoms with E-state index in [1.165, 1.54) is 4.68 Å². The highest BCUT2D eigenvalue weighted by molar-refractivity contribution is 9.10. The Morgan fingerprint density at radius 2 is 1.90 bits per heavy atom. The van der Waals surface area contributed by atoms with Crippen molar-refractivity contribution < 1.29 is 0 Å². The summed E-state index contributed by atoms with van der Waals surface area (Å²) >= 11 is 9.61. The van der Waals surface area contributed by atoms with Gasteiger partial charge in [0.15, 0.2) is 0 Å². The van der Waals surface area contributed by atoms with Crippen LogP contribution in [0, 0.1) is 6.92 Å². The van der Waals surface area contributed by atoms with E-state index >= 15 is 0 Å². The van der Waals surface area contributed by atoms with Crippen LogP contribution in [0.1, 0.15) is 37.9 Å².